The standard InChI is InChI=1S/C17H18N2O2/c18-16(13-6-2-1-3-7-13)17(20)19-10-11-21-15-9-5-4-8-14(15)12-19/h1-9,16H,10-12,18H2/t16-/m0/s1. The van der Waals surface area contributed by atoms with Gasteiger partial charge in [0, 0.05) is 12.1 Å². The van der Waals surface area contributed by atoms with Crippen LogP contribution in [-0.4, -0.2) is 24.0 Å². The first kappa shape index (κ1) is 13.6. The predicted octanol–water partition coefficient (Wildman–Crippen LogP) is 2.11. The summed E-state index contributed by atoms with van der Waals surface area (Å²) in [6.07, 6.45) is 0. The van der Waals surface area contributed by atoms with Crippen LogP contribution in [0.1, 0.15) is 17.2 Å². The Bertz CT molecular complexity index is 628. The van der Waals surface area contributed by atoms with E-state index in [0.29, 0.717) is 19.7 Å². The van der Waals surface area contributed by atoms with Crippen LogP contribution in [0.15, 0.2) is 54.6 Å². The highest BCUT2D eigenvalue weighted by Gasteiger charge is 2.25. The van der Waals surface area contributed by atoms with E-state index >= 15 is 0 Å². The quantitative estimate of drug-likeness (QED) is 0.918. The first-order valence-corrected chi connectivity index (χ1v) is 7.06. The van der Waals surface area contributed by atoms with Gasteiger partial charge >= 0.3 is 0 Å². The minimum absolute atomic E-state index is 0.0681. The molecule has 0 radical (unpaired) electrons. The van der Waals surface area contributed by atoms with Gasteiger partial charge in [0.15, 0.2) is 0 Å². The van der Waals surface area contributed by atoms with E-state index in [1.54, 1.807) is 4.90 Å². The van der Waals surface area contributed by atoms with Gasteiger partial charge in [-0.2, -0.15) is 0 Å². The van der Waals surface area contributed by atoms with Crippen molar-refractivity contribution in [2.45, 2.75) is 12.6 Å². The molecule has 0 bridgehead atoms. The second-order valence-electron chi connectivity index (χ2n) is 5.10. The number of ether oxygens (including phenoxy) is 1. The maximum absolute atomic E-state index is 12.6. The molecule has 0 fully saturated rings. The predicted molar refractivity (Wildman–Crippen MR) is 80.7 cm³/mol. The fraction of sp³-hybridized carbons (Fsp3) is 0.235. The Morgan fingerprint density at radius 1 is 1.10 bits per heavy atom. The van der Waals surface area contributed by atoms with E-state index < -0.39 is 6.04 Å². The van der Waals surface area contributed by atoms with Gasteiger partial charge in [-0.15, -0.1) is 0 Å². The number of hydrogen-bond donors (Lipinski definition) is 1. The Labute approximate surface area is 124 Å². The van der Waals surface area contributed by atoms with Crippen molar-refractivity contribution < 1.29 is 9.53 Å². The molecule has 4 nitrogen and oxygen atoms in total. The van der Waals surface area contributed by atoms with E-state index in [-0.39, 0.29) is 5.91 Å². The molecule has 3 rings (SSSR count). The molecular formula is C17H18N2O2. The fourth-order valence-corrected chi connectivity index (χ4v) is 2.51. The van der Waals surface area contributed by atoms with E-state index in [9.17, 15) is 4.79 Å². The van der Waals surface area contributed by atoms with Crippen molar-refractivity contribution in [1.29, 1.82) is 0 Å². The van der Waals surface area contributed by atoms with Gasteiger partial charge < -0.3 is 15.4 Å². The number of rotatable bonds is 2. The summed E-state index contributed by atoms with van der Waals surface area (Å²) in [5.41, 5.74) is 7.96. The monoisotopic (exact) mass is 282 g/mol. The zero-order chi connectivity index (χ0) is 14.7. The van der Waals surface area contributed by atoms with Crippen molar-refractivity contribution in [2.24, 2.45) is 5.73 Å². The highest BCUT2D eigenvalue weighted by Crippen LogP contribution is 2.24. The summed E-state index contributed by atoms with van der Waals surface area (Å²) in [7, 11) is 0. The molecule has 4 heteroatoms. The SMILES string of the molecule is N[C@H](C(=O)N1CCOc2ccccc2C1)c1ccccc1. The highest BCUT2D eigenvalue weighted by molar-refractivity contribution is 5.83. The number of carbonyl (C=O) groups excluding carboxylic acids is 1. The van der Waals surface area contributed by atoms with Gasteiger partial charge in [-0.1, -0.05) is 48.5 Å². The van der Waals surface area contributed by atoms with Crippen molar-refractivity contribution >= 4 is 5.91 Å². The zero-order valence-electron chi connectivity index (χ0n) is 11.7. The van der Waals surface area contributed by atoms with Crippen LogP contribution in [0, 0.1) is 0 Å². The van der Waals surface area contributed by atoms with Gasteiger partial charge in [0.1, 0.15) is 18.4 Å². The Balaban J connectivity index is 1.79. The van der Waals surface area contributed by atoms with E-state index in [2.05, 4.69) is 0 Å². The number of hydrogen-bond acceptors (Lipinski definition) is 3. The van der Waals surface area contributed by atoms with Crippen LogP contribution in [0.5, 0.6) is 5.75 Å². The first-order valence-electron chi connectivity index (χ1n) is 7.06. The minimum Gasteiger partial charge on any atom is -0.491 e. The van der Waals surface area contributed by atoms with E-state index in [1.807, 2.05) is 54.6 Å². The van der Waals surface area contributed by atoms with Crippen LogP contribution in [0.2, 0.25) is 0 Å². The van der Waals surface area contributed by atoms with Crippen molar-refractivity contribution in [3.8, 4) is 5.75 Å². The summed E-state index contributed by atoms with van der Waals surface area (Å²) < 4.78 is 5.68. The molecule has 2 aromatic carbocycles. The summed E-state index contributed by atoms with van der Waals surface area (Å²) in [4.78, 5) is 14.4. The lowest BCUT2D eigenvalue weighted by atomic mass is 10.1. The number of nitrogens with two attached hydrogens (primary N) is 1. The molecular weight excluding hydrogens is 264 g/mol. The van der Waals surface area contributed by atoms with Gasteiger partial charge in [-0.05, 0) is 11.6 Å². The number of carbonyl (C=O) groups is 1. The summed E-state index contributed by atoms with van der Waals surface area (Å²) >= 11 is 0. The number of benzene rings is 2. The van der Waals surface area contributed by atoms with Crippen LogP contribution in [0.3, 0.4) is 0 Å². The molecule has 108 valence electrons. The second-order valence-corrected chi connectivity index (χ2v) is 5.10. The van der Waals surface area contributed by atoms with Crippen LogP contribution in [0.4, 0.5) is 0 Å². The molecule has 1 amide bonds. The van der Waals surface area contributed by atoms with Gasteiger partial charge in [0.05, 0.1) is 6.54 Å². The van der Waals surface area contributed by atoms with Gasteiger partial charge in [0.2, 0.25) is 5.91 Å². The smallest absolute Gasteiger partial charge is 0.244 e. The Kier molecular flexibility index (Phi) is 3.88. The average Bonchev–Trinajstić information content (AvgIpc) is 2.76. The number of amides is 1. The summed E-state index contributed by atoms with van der Waals surface area (Å²) in [5, 5.41) is 0. The van der Waals surface area contributed by atoms with E-state index in [4.69, 9.17) is 10.5 Å². The summed E-state index contributed by atoms with van der Waals surface area (Å²) in [6.45, 7) is 1.58. The third-order valence-electron chi connectivity index (χ3n) is 3.69. The lowest BCUT2D eigenvalue weighted by molar-refractivity contribution is -0.133. The molecule has 0 aliphatic carbocycles. The molecule has 2 aromatic rings. The summed E-state index contributed by atoms with van der Waals surface area (Å²) in [5.74, 6) is 0.780. The Hall–Kier alpha value is -2.33. The Morgan fingerprint density at radius 2 is 1.81 bits per heavy atom. The van der Waals surface area contributed by atoms with Gasteiger partial charge in [-0.3, -0.25) is 4.79 Å². The molecule has 1 heterocycles. The lowest BCUT2D eigenvalue weighted by Crippen LogP contribution is -2.39. The molecule has 0 unspecified atom stereocenters. The lowest BCUT2D eigenvalue weighted by Gasteiger charge is -2.23. The topological polar surface area (TPSA) is 55.6 Å². The highest BCUT2D eigenvalue weighted by atomic mass is 16.5. The number of para-hydroxylation sites is 1. The first-order chi connectivity index (χ1) is 10.3. The zero-order valence-corrected chi connectivity index (χ0v) is 11.7. The van der Waals surface area contributed by atoms with Gasteiger partial charge in [0.25, 0.3) is 0 Å². The molecule has 0 spiro atoms. The molecule has 0 saturated carbocycles. The molecule has 0 saturated heterocycles. The minimum atomic E-state index is -0.628. The maximum atomic E-state index is 12.6. The third kappa shape index (κ3) is 2.90. The van der Waals surface area contributed by atoms with Crippen LogP contribution >= 0.6 is 0 Å². The fourth-order valence-electron chi connectivity index (χ4n) is 2.51. The Morgan fingerprint density at radius 3 is 2.62 bits per heavy atom. The largest absolute Gasteiger partial charge is 0.491 e. The van der Waals surface area contributed by atoms with Crippen molar-refractivity contribution in [3.05, 3.63) is 65.7 Å². The van der Waals surface area contributed by atoms with Crippen molar-refractivity contribution in [1.82, 2.24) is 4.90 Å². The second kappa shape index (κ2) is 5.97. The third-order valence-corrected chi connectivity index (χ3v) is 3.69. The number of nitrogens with zero attached hydrogens (tertiary/aromatic N) is 1. The van der Waals surface area contributed by atoms with Crippen LogP contribution in [-0.2, 0) is 11.3 Å². The maximum Gasteiger partial charge on any atom is 0.244 e. The molecule has 1 aliphatic heterocycles. The van der Waals surface area contributed by atoms with Crippen LogP contribution < -0.4 is 10.5 Å². The van der Waals surface area contributed by atoms with E-state index in [0.717, 1.165) is 16.9 Å². The normalized spacial score (nSPS) is 15.6. The van der Waals surface area contributed by atoms with Crippen molar-refractivity contribution in [3.63, 3.8) is 0 Å². The molecule has 1 atom stereocenters. The number of fused-ring (bicyclic) bond motifs is 1. The van der Waals surface area contributed by atoms with Crippen molar-refractivity contribution in [2.75, 3.05) is 13.2 Å². The average molecular weight is 282 g/mol. The van der Waals surface area contributed by atoms with Crippen LogP contribution in [0.25, 0.3) is 0 Å². The summed E-state index contributed by atoms with van der Waals surface area (Å²) in [6, 6.07) is 16.6. The molecule has 2 N–H and O–H groups in total. The van der Waals surface area contributed by atoms with E-state index in [1.165, 1.54) is 0 Å². The molecule has 1 aliphatic rings. The van der Waals surface area contributed by atoms with Gasteiger partial charge in [-0.25, -0.2) is 0 Å². The molecule has 0 aromatic heterocycles. The molecule has 21 heavy (non-hydrogen) atoms.